The van der Waals surface area contributed by atoms with E-state index in [1.54, 1.807) is 0 Å². The molecular weight excluding hydrogens is 204 g/mol. The summed E-state index contributed by atoms with van der Waals surface area (Å²) in [5, 5.41) is 14.8. The Labute approximate surface area is 97.1 Å². The fraction of sp³-hybridized carbons (Fsp3) is 0.750. The maximum Gasteiger partial charge on any atom is 0.315 e. The summed E-state index contributed by atoms with van der Waals surface area (Å²) in [7, 11) is 0. The molecule has 16 heavy (non-hydrogen) atoms. The van der Waals surface area contributed by atoms with Crippen LogP contribution < -0.4 is 10.6 Å². The summed E-state index contributed by atoms with van der Waals surface area (Å²) in [6.45, 7) is 4.05. The quantitative estimate of drug-likeness (QED) is 0.623. The Bertz CT molecular complexity index is 258. The highest BCUT2D eigenvalue weighted by Crippen LogP contribution is 2.14. The predicted octanol–water partition coefficient (Wildman–Crippen LogP) is 1.56. The molecular formula is C12H22N2O2. The second-order valence-electron chi connectivity index (χ2n) is 4.63. The third kappa shape index (κ3) is 3.85. The zero-order valence-electron chi connectivity index (χ0n) is 10.1. The van der Waals surface area contributed by atoms with E-state index in [0.29, 0.717) is 6.42 Å². The monoisotopic (exact) mass is 226 g/mol. The number of carbonyl (C=O) groups excluding carboxylic acids is 1. The van der Waals surface area contributed by atoms with E-state index in [4.69, 9.17) is 5.11 Å². The number of hydrogen-bond acceptors (Lipinski definition) is 2. The van der Waals surface area contributed by atoms with Crippen molar-refractivity contribution in [3.05, 3.63) is 12.2 Å². The van der Waals surface area contributed by atoms with E-state index in [1.807, 2.05) is 13.8 Å². The Kier molecular flexibility index (Phi) is 4.80. The molecule has 3 N–H and O–H groups in total. The van der Waals surface area contributed by atoms with Gasteiger partial charge in [0.05, 0.1) is 0 Å². The van der Waals surface area contributed by atoms with Gasteiger partial charge in [0.25, 0.3) is 0 Å². The van der Waals surface area contributed by atoms with Crippen LogP contribution in [0.2, 0.25) is 0 Å². The molecule has 0 aliphatic heterocycles. The Morgan fingerprint density at radius 3 is 2.62 bits per heavy atom. The van der Waals surface area contributed by atoms with Gasteiger partial charge in [0.1, 0.15) is 0 Å². The summed E-state index contributed by atoms with van der Waals surface area (Å²) < 4.78 is 0. The highest BCUT2D eigenvalue weighted by molar-refractivity contribution is 5.75. The van der Waals surface area contributed by atoms with E-state index < -0.39 is 0 Å². The minimum Gasteiger partial charge on any atom is -0.396 e. The maximum atomic E-state index is 11.7. The second kappa shape index (κ2) is 5.89. The van der Waals surface area contributed by atoms with Crippen molar-refractivity contribution in [1.82, 2.24) is 10.6 Å². The second-order valence-corrected chi connectivity index (χ2v) is 4.63. The van der Waals surface area contributed by atoms with Crippen molar-refractivity contribution >= 4 is 6.03 Å². The Hall–Kier alpha value is -1.03. The molecule has 1 rings (SSSR count). The molecule has 1 aliphatic carbocycles. The van der Waals surface area contributed by atoms with E-state index in [-0.39, 0.29) is 24.2 Å². The first-order chi connectivity index (χ1) is 7.59. The van der Waals surface area contributed by atoms with Gasteiger partial charge in [-0.25, -0.2) is 4.79 Å². The molecule has 2 amide bonds. The Morgan fingerprint density at radius 2 is 2.12 bits per heavy atom. The Balaban J connectivity index is 2.36. The van der Waals surface area contributed by atoms with Crippen LogP contribution in [0.5, 0.6) is 0 Å². The van der Waals surface area contributed by atoms with Gasteiger partial charge in [-0.3, -0.25) is 0 Å². The molecule has 0 saturated carbocycles. The number of carbonyl (C=O) groups is 1. The molecule has 1 atom stereocenters. The number of nitrogens with one attached hydrogen (secondary N) is 2. The summed E-state index contributed by atoms with van der Waals surface area (Å²) in [6.07, 6.45) is 7.38. The van der Waals surface area contributed by atoms with Crippen LogP contribution in [0, 0.1) is 0 Å². The van der Waals surface area contributed by atoms with Crippen molar-refractivity contribution in [3.8, 4) is 0 Å². The highest BCUT2D eigenvalue weighted by atomic mass is 16.3. The SMILES string of the molecule is CCC(C)(CCO)NC(=O)NC1CC=CC1. The average Bonchev–Trinajstić information content (AvgIpc) is 2.70. The van der Waals surface area contributed by atoms with Crippen molar-refractivity contribution in [3.63, 3.8) is 0 Å². The van der Waals surface area contributed by atoms with Gasteiger partial charge in [0.2, 0.25) is 0 Å². The molecule has 0 radical (unpaired) electrons. The van der Waals surface area contributed by atoms with Crippen LogP contribution in [0.15, 0.2) is 12.2 Å². The summed E-state index contributed by atoms with van der Waals surface area (Å²) in [5.41, 5.74) is -0.315. The zero-order valence-corrected chi connectivity index (χ0v) is 10.1. The van der Waals surface area contributed by atoms with E-state index >= 15 is 0 Å². The minimum atomic E-state index is -0.315. The van der Waals surface area contributed by atoms with E-state index in [0.717, 1.165) is 19.3 Å². The van der Waals surface area contributed by atoms with Crippen LogP contribution in [0.25, 0.3) is 0 Å². The Morgan fingerprint density at radius 1 is 1.50 bits per heavy atom. The maximum absolute atomic E-state index is 11.7. The number of amides is 2. The number of rotatable bonds is 5. The van der Waals surface area contributed by atoms with E-state index in [2.05, 4.69) is 22.8 Å². The molecule has 0 bridgehead atoms. The first kappa shape index (κ1) is 13.0. The van der Waals surface area contributed by atoms with Crippen LogP contribution in [0.4, 0.5) is 4.79 Å². The molecule has 0 heterocycles. The fourth-order valence-electron chi connectivity index (χ4n) is 1.81. The van der Waals surface area contributed by atoms with Crippen molar-refractivity contribution in [2.24, 2.45) is 0 Å². The topological polar surface area (TPSA) is 61.4 Å². The van der Waals surface area contributed by atoms with Gasteiger partial charge < -0.3 is 15.7 Å². The summed E-state index contributed by atoms with van der Waals surface area (Å²) >= 11 is 0. The van der Waals surface area contributed by atoms with Crippen LogP contribution in [0.1, 0.15) is 39.5 Å². The molecule has 0 aromatic rings. The smallest absolute Gasteiger partial charge is 0.315 e. The van der Waals surface area contributed by atoms with Crippen molar-refractivity contribution < 1.29 is 9.90 Å². The highest BCUT2D eigenvalue weighted by Gasteiger charge is 2.24. The van der Waals surface area contributed by atoms with Gasteiger partial charge in [-0.15, -0.1) is 0 Å². The van der Waals surface area contributed by atoms with Gasteiger partial charge in [-0.1, -0.05) is 19.1 Å². The van der Waals surface area contributed by atoms with Gasteiger partial charge in [0, 0.05) is 18.2 Å². The summed E-state index contributed by atoms with van der Waals surface area (Å²) in [4.78, 5) is 11.7. The third-order valence-corrected chi connectivity index (χ3v) is 3.20. The van der Waals surface area contributed by atoms with Gasteiger partial charge in [-0.2, -0.15) is 0 Å². The van der Waals surface area contributed by atoms with Crippen molar-refractivity contribution in [2.75, 3.05) is 6.61 Å². The van der Waals surface area contributed by atoms with Crippen LogP contribution in [-0.2, 0) is 0 Å². The van der Waals surface area contributed by atoms with Crippen molar-refractivity contribution in [1.29, 1.82) is 0 Å². The molecule has 4 heteroatoms. The lowest BCUT2D eigenvalue weighted by Crippen LogP contribution is -2.52. The number of aliphatic hydroxyl groups excluding tert-OH is 1. The fourth-order valence-corrected chi connectivity index (χ4v) is 1.81. The lowest BCUT2D eigenvalue weighted by atomic mass is 9.95. The van der Waals surface area contributed by atoms with Gasteiger partial charge in [-0.05, 0) is 32.6 Å². The molecule has 92 valence electrons. The number of aliphatic hydroxyl groups is 1. The molecule has 1 aliphatic rings. The molecule has 0 aromatic carbocycles. The van der Waals surface area contributed by atoms with E-state index in [1.165, 1.54) is 0 Å². The predicted molar refractivity (Wildman–Crippen MR) is 64.2 cm³/mol. The zero-order chi connectivity index (χ0) is 12.0. The first-order valence-corrected chi connectivity index (χ1v) is 5.94. The molecule has 0 aromatic heterocycles. The standard InChI is InChI=1S/C12H22N2O2/c1-3-12(2,8-9-15)14-11(16)13-10-6-4-5-7-10/h4-5,10,15H,3,6-9H2,1-2H3,(H2,13,14,16). The molecule has 0 fully saturated rings. The third-order valence-electron chi connectivity index (χ3n) is 3.20. The lowest BCUT2D eigenvalue weighted by Gasteiger charge is -2.29. The number of hydrogen-bond donors (Lipinski definition) is 3. The molecule has 0 saturated heterocycles. The largest absolute Gasteiger partial charge is 0.396 e. The summed E-state index contributed by atoms with van der Waals surface area (Å²) in [5.74, 6) is 0. The van der Waals surface area contributed by atoms with Crippen LogP contribution in [0.3, 0.4) is 0 Å². The van der Waals surface area contributed by atoms with Crippen LogP contribution >= 0.6 is 0 Å². The first-order valence-electron chi connectivity index (χ1n) is 5.94. The summed E-state index contributed by atoms with van der Waals surface area (Å²) in [6, 6.07) is 0.0988. The molecule has 4 nitrogen and oxygen atoms in total. The van der Waals surface area contributed by atoms with Crippen molar-refractivity contribution in [2.45, 2.75) is 51.1 Å². The lowest BCUT2D eigenvalue weighted by molar-refractivity contribution is 0.199. The molecule has 1 unspecified atom stereocenters. The normalized spacial score (nSPS) is 19.4. The van der Waals surface area contributed by atoms with Gasteiger partial charge in [0.15, 0.2) is 0 Å². The molecule has 0 spiro atoms. The van der Waals surface area contributed by atoms with Gasteiger partial charge >= 0.3 is 6.03 Å². The number of urea groups is 1. The average molecular weight is 226 g/mol. The van der Waals surface area contributed by atoms with Crippen LogP contribution in [-0.4, -0.2) is 29.3 Å². The minimum absolute atomic E-state index is 0.0929. The van der Waals surface area contributed by atoms with E-state index in [9.17, 15) is 4.79 Å².